The van der Waals surface area contributed by atoms with E-state index in [0.29, 0.717) is 29.7 Å². The van der Waals surface area contributed by atoms with Gasteiger partial charge in [0.2, 0.25) is 0 Å². The van der Waals surface area contributed by atoms with Crippen molar-refractivity contribution in [2.75, 3.05) is 19.7 Å². The van der Waals surface area contributed by atoms with E-state index in [1.54, 1.807) is 16.8 Å². The van der Waals surface area contributed by atoms with Gasteiger partial charge in [0.05, 0.1) is 5.02 Å². The number of nitrogens with zero attached hydrogens (tertiary/aromatic N) is 2. The van der Waals surface area contributed by atoms with Crippen molar-refractivity contribution in [2.24, 2.45) is 13.0 Å². The van der Waals surface area contributed by atoms with Crippen LogP contribution in [0.1, 0.15) is 23.3 Å². The van der Waals surface area contributed by atoms with E-state index in [0.717, 1.165) is 12.8 Å². The van der Waals surface area contributed by atoms with Crippen LogP contribution in [-0.2, 0) is 7.05 Å². The molecular formula is C12H17ClN2O2. The van der Waals surface area contributed by atoms with Gasteiger partial charge in [-0.3, -0.25) is 4.79 Å². The molecule has 0 aromatic carbocycles. The fraction of sp³-hybridized carbons (Fsp3) is 0.583. The summed E-state index contributed by atoms with van der Waals surface area (Å²) >= 11 is 5.87. The highest BCUT2D eigenvalue weighted by Crippen LogP contribution is 2.20. The molecule has 0 saturated carbocycles. The first-order valence-corrected chi connectivity index (χ1v) is 6.21. The van der Waals surface area contributed by atoms with Crippen LogP contribution in [0.25, 0.3) is 0 Å². The van der Waals surface area contributed by atoms with Gasteiger partial charge in [-0.05, 0) is 24.8 Å². The van der Waals surface area contributed by atoms with E-state index in [1.165, 1.54) is 0 Å². The Balaban J connectivity index is 2.04. The van der Waals surface area contributed by atoms with Crippen LogP contribution in [0.3, 0.4) is 0 Å². The second kappa shape index (κ2) is 5.10. The Hall–Kier alpha value is -1.00. The van der Waals surface area contributed by atoms with Gasteiger partial charge >= 0.3 is 0 Å². The molecule has 94 valence electrons. The molecule has 1 aromatic rings. The van der Waals surface area contributed by atoms with E-state index in [-0.39, 0.29) is 12.5 Å². The third kappa shape index (κ3) is 2.64. The summed E-state index contributed by atoms with van der Waals surface area (Å²) in [6, 6.07) is 1.70. The first kappa shape index (κ1) is 12.5. The normalized spacial score (nSPS) is 17.5. The Morgan fingerprint density at radius 3 is 2.65 bits per heavy atom. The van der Waals surface area contributed by atoms with Crippen LogP contribution >= 0.6 is 11.6 Å². The minimum Gasteiger partial charge on any atom is -0.396 e. The number of piperidine rings is 1. The van der Waals surface area contributed by atoms with Crippen LogP contribution in [0.4, 0.5) is 0 Å². The molecule has 1 fully saturated rings. The quantitative estimate of drug-likeness (QED) is 0.872. The summed E-state index contributed by atoms with van der Waals surface area (Å²) in [6.45, 7) is 1.65. The lowest BCUT2D eigenvalue weighted by Crippen LogP contribution is -2.39. The second-order valence-electron chi connectivity index (χ2n) is 4.57. The number of aromatic nitrogens is 1. The predicted octanol–water partition coefficient (Wildman–Crippen LogP) is 1.52. The van der Waals surface area contributed by atoms with E-state index >= 15 is 0 Å². The molecule has 0 spiro atoms. The van der Waals surface area contributed by atoms with Gasteiger partial charge in [-0.2, -0.15) is 0 Å². The van der Waals surface area contributed by atoms with Crippen molar-refractivity contribution in [2.45, 2.75) is 12.8 Å². The van der Waals surface area contributed by atoms with Gasteiger partial charge < -0.3 is 14.6 Å². The molecule has 5 heteroatoms. The molecule has 1 N–H and O–H groups in total. The average Bonchev–Trinajstić information content (AvgIpc) is 2.68. The number of carbonyl (C=O) groups excluding carboxylic acids is 1. The van der Waals surface area contributed by atoms with Crippen LogP contribution in [0.5, 0.6) is 0 Å². The lowest BCUT2D eigenvalue weighted by Gasteiger charge is -2.31. The van der Waals surface area contributed by atoms with E-state index in [2.05, 4.69) is 0 Å². The maximum Gasteiger partial charge on any atom is 0.270 e. The van der Waals surface area contributed by atoms with Gasteiger partial charge in [-0.25, -0.2) is 0 Å². The van der Waals surface area contributed by atoms with Crippen LogP contribution < -0.4 is 0 Å². The Labute approximate surface area is 106 Å². The summed E-state index contributed by atoms with van der Waals surface area (Å²) in [5, 5.41) is 9.64. The highest BCUT2D eigenvalue weighted by Gasteiger charge is 2.24. The molecule has 0 unspecified atom stereocenters. The van der Waals surface area contributed by atoms with Crippen molar-refractivity contribution in [3.63, 3.8) is 0 Å². The van der Waals surface area contributed by atoms with Crippen molar-refractivity contribution in [1.29, 1.82) is 0 Å². The fourth-order valence-corrected chi connectivity index (χ4v) is 2.47. The third-order valence-corrected chi connectivity index (χ3v) is 3.56. The summed E-state index contributed by atoms with van der Waals surface area (Å²) in [6.07, 6.45) is 3.48. The zero-order valence-electron chi connectivity index (χ0n) is 9.90. The summed E-state index contributed by atoms with van der Waals surface area (Å²) in [4.78, 5) is 14.0. The molecule has 0 atom stereocenters. The van der Waals surface area contributed by atoms with Gasteiger partial charge in [0, 0.05) is 32.9 Å². The summed E-state index contributed by atoms with van der Waals surface area (Å²) in [5.41, 5.74) is 0.623. The molecule has 2 heterocycles. The standard InChI is InChI=1S/C12H17ClN2O2/c1-14-7-10(13)6-11(14)12(17)15-4-2-9(8-16)3-5-15/h6-7,9,16H,2-5,8H2,1H3. The Morgan fingerprint density at radius 2 is 2.18 bits per heavy atom. The van der Waals surface area contributed by atoms with Gasteiger partial charge in [-0.15, -0.1) is 0 Å². The molecule has 1 aromatic heterocycles. The predicted molar refractivity (Wildman–Crippen MR) is 66.1 cm³/mol. The number of carbonyl (C=O) groups is 1. The van der Waals surface area contributed by atoms with E-state index < -0.39 is 0 Å². The molecule has 17 heavy (non-hydrogen) atoms. The van der Waals surface area contributed by atoms with Gasteiger partial charge in [0.1, 0.15) is 5.69 Å². The van der Waals surface area contributed by atoms with Crippen molar-refractivity contribution in [1.82, 2.24) is 9.47 Å². The van der Waals surface area contributed by atoms with Crippen LogP contribution in [0, 0.1) is 5.92 Å². The van der Waals surface area contributed by atoms with Crippen LogP contribution in [-0.4, -0.2) is 40.2 Å². The van der Waals surface area contributed by atoms with Crippen molar-refractivity contribution >= 4 is 17.5 Å². The molecule has 1 aliphatic heterocycles. The Bertz CT molecular complexity index is 409. The number of hydrogen-bond donors (Lipinski definition) is 1. The van der Waals surface area contributed by atoms with Gasteiger partial charge in [0.25, 0.3) is 5.91 Å². The van der Waals surface area contributed by atoms with Crippen molar-refractivity contribution in [3.05, 3.63) is 23.0 Å². The molecule has 1 amide bonds. The molecular weight excluding hydrogens is 240 g/mol. The molecule has 0 bridgehead atoms. The first-order chi connectivity index (χ1) is 8.11. The topological polar surface area (TPSA) is 45.5 Å². The lowest BCUT2D eigenvalue weighted by molar-refractivity contribution is 0.0641. The average molecular weight is 257 g/mol. The highest BCUT2D eigenvalue weighted by molar-refractivity contribution is 6.31. The molecule has 1 aliphatic rings. The summed E-state index contributed by atoms with van der Waals surface area (Å²) in [5.74, 6) is 0.367. The number of likely N-dealkylation sites (tertiary alicyclic amines) is 1. The Kier molecular flexibility index (Phi) is 3.74. The van der Waals surface area contributed by atoms with Crippen molar-refractivity contribution in [3.8, 4) is 0 Å². The molecule has 0 radical (unpaired) electrons. The minimum absolute atomic E-state index is 0.0239. The SMILES string of the molecule is Cn1cc(Cl)cc1C(=O)N1CCC(CO)CC1. The zero-order valence-corrected chi connectivity index (χ0v) is 10.7. The largest absolute Gasteiger partial charge is 0.396 e. The maximum atomic E-state index is 12.2. The number of amides is 1. The Morgan fingerprint density at radius 1 is 1.53 bits per heavy atom. The smallest absolute Gasteiger partial charge is 0.270 e. The number of aryl methyl sites for hydroxylation is 1. The maximum absolute atomic E-state index is 12.2. The molecule has 4 nitrogen and oxygen atoms in total. The first-order valence-electron chi connectivity index (χ1n) is 5.84. The van der Waals surface area contributed by atoms with Gasteiger partial charge in [-0.1, -0.05) is 11.6 Å². The highest BCUT2D eigenvalue weighted by atomic mass is 35.5. The van der Waals surface area contributed by atoms with Crippen LogP contribution in [0.2, 0.25) is 5.02 Å². The number of hydrogen-bond acceptors (Lipinski definition) is 2. The summed E-state index contributed by atoms with van der Waals surface area (Å²) < 4.78 is 1.75. The van der Waals surface area contributed by atoms with Crippen LogP contribution in [0.15, 0.2) is 12.3 Å². The fourth-order valence-electron chi connectivity index (χ4n) is 2.22. The van der Waals surface area contributed by atoms with E-state index in [4.69, 9.17) is 16.7 Å². The lowest BCUT2D eigenvalue weighted by atomic mass is 9.98. The summed E-state index contributed by atoms with van der Waals surface area (Å²) in [7, 11) is 1.82. The molecule has 1 saturated heterocycles. The number of halogens is 1. The second-order valence-corrected chi connectivity index (χ2v) is 5.01. The number of rotatable bonds is 2. The van der Waals surface area contributed by atoms with E-state index in [1.807, 2.05) is 11.9 Å². The monoisotopic (exact) mass is 256 g/mol. The van der Waals surface area contributed by atoms with E-state index in [9.17, 15) is 4.79 Å². The van der Waals surface area contributed by atoms with Gasteiger partial charge in [0.15, 0.2) is 0 Å². The molecule has 0 aliphatic carbocycles. The zero-order chi connectivity index (χ0) is 12.4. The van der Waals surface area contributed by atoms with Crippen molar-refractivity contribution < 1.29 is 9.90 Å². The third-order valence-electron chi connectivity index (χ3n) is 3.35. The number of aliphatic hydroxyl groups is 1. The number of aliphatic hydroxyl groups excluding tert-OH is 1. The minimum atomic E-state index is 0.0239. The molecule has 2 rings (SSSR count).